The predicted octanol–water partition coefficient (Wildman–Crippen LogP) is 2.21. The maximum absolute atomic E-state index is 13.8. The Morgan fingerprint density at radius 3 is 2.65 bits per heavy atom. The SMILES string of the molecule is O/N=C(\C1=CCC(F)CC1F)C1CCNCC1. The van der Waals surface area contributed by atoms with Crippen LogP contribution in [0.2, 0.25) is 0 Å². The van der Waals surface area contributed by atoms with Gasteiger partial charge in [0.2, 0.25) is 0 Å². The van der Waals surface area contributed by atoms with Gasteiger partial charge in [0.1, 0.15) is 12.3 Å². The molecule has 1 aliphatic heterocycles. The Morgan fingerprint density at radius 1 is 1.35 bits per heavy atom. The quantitative estimate of drug-likeness (QED) is 0.444. The van der Waals surface area contributed by atoms with Crippen LogP contribution in [0.25, 0.3) is 0 Å². The van der Waals surface area contributed by atoms with Gasteiger partial charge in [0, 0.05) is 17.9 Å². The molecule has 0 aromatic rings. The van der Waals surface area contributed by atoms with Gasteiger partial charge >= 0.3 is 0 Å². The van der Waals surface area contributed by atoms with Crippen molar-refractivity contribution >= 4 is 5.71 Å². The first kappa shape index (κ1) is 12.5. The molecule has 0 spiro atoms. The lowest BCUT2D eigenvalue weighted by Gasteiger charge is -2.28. The van der Waals surface area contributed by atoms with Crippen molar-refractivity contribution in [2.45, 2.75) is 38.0 Å². The fourth-order valence-corrected chi connectivity index (χ4v) is 2.57. The Kier molecular flexibility index (Phi) is 4.10. The fourth-order valence-electron chi connectivity index (χ4n) is 2.57. The molecule has 2 unspecified atom stereocenters. The van der Waals surface area contributed by atoms with Crippen LogP contribution in [-0.4, -0.2) is 36.4 Å². The summed E-state index contributed by atoms with van der Waals surface area (Å²) in [6.07, 6.45) is 0.887. The number of alkyl halides is 2. The van der Waals surface area contributed by atoms with E-state index in [0.29, 0.717) is 11.3 Å². The number of oxime groups is 1. The molecule has 2 rings (SSSR count). The Labute approximate surface area is 99.6 Å². The number of hydrogen-bond donors (Lipinski definition) is 2. The first-order valence-corrected chi connectivity index (χ1v) is 6.13. The number of hydrogen-bond acceptors (Lipinski definition) is 3. The Morgan fingerprint density at radius 2 is 2.06 bits per heavy atom. The summed E-state index contributed by atoms with van der Waals surface area (Å²) in [6.45, 7) is 1.69. The number of allylic oxidation sites excluding steroid dienone is 2. The molecule has 1 heterocycles. The third-order valence-corrected chi connectivity index (χ3v) is 3.52. The van der Waals surface area contributed by atoms with E-state index in [1.165, 1.54) is 0 Å². The van der Waals surface area contributed by atoms with Gasteiger partial charge in [-0.15, -0.1) is 0 Å². The molecule has 2 N–H and O–H groups in total. The van der Waals surface area contributed by atoms with Crippen LogP contribution >= 0.6 is 0 Å². The molecule has 2 atom stereocenters. The average molecular weight is 244 g/mol. The molecule has 3 nitrogen and oxygen atoms in total. The van der Waals surface area contributed by atoms with E-state index >= 15 is 0 Å². The normalized spacial score (nSPS) is 32.4. The summed E-state index contributed by atoms with van der Waals surface area (Å²) in [7, 11) is 0. The van der Waals surface area contributed by atoms with Crippen molar-refractivity contribution < 1.29 is 14.0 Å². The second kappa shape index (κ2) is 5.58. The van der Waals surface area contributed by atoms with Crippen LogP contribution in [-0.2, 0) is 0 Å². The molecule has 5 heteroatoms. The van der Waals surface area contributed by atoms with Gasteiger partial charge in [-0.1, -0.05) is 11.2 Å². The lowest BCUT2D eigenvalue weighted by atomic mass is 9.83. The van der Waals surface area contributed by atoms with Crippen LogP contribution in [0, 0.1) is 5.92 Å². The van der Waals surface area contributed by atoms with E-state index < -0.39 is 12.3 Å². The highest BCUT2D eigenvalue weighted by atomic mass is 19.1. The van der Waals surface area contributed by atoms with Crippen LogP contribution < -0.4 is 5.32 Å². The van der Waals surface area contributed by atoms with E-state index in [1.54, 1.807) is 6.08 Å². The summed E-state index contributed by atoms with van der Waals surface area (Å²) in [5, 5.41) is 15.6. The number of rotatable bonds is 2. The molecule has 2 aliphatic rings. The van der Waals surface area contributed by atoms with Gasteiger partial charge in [0.25, 0.3) is 0 Å². The predicted molar refractivity (Wildman–Crippen MR) is 61.9 cm³/mol. The van der Waals surface area contributed by atoms with Crippen LogP contribution in [0.3, 0.4) is 0 Å². The zero-order valence-corrected chi connectivity index (χ0v) is 9.70. The Hall–Kier alpha value is -0.970. The third kappa shape index (κ3) is 2.83. The maximum Gasteiger partial charge on any atom is 0.129 e. The highest BCUT2D eigenvalue weighted by Gasteiger charge is 2.31. The lowest BCUT2D eigenvalue weighted by molar-refractivity contribution is 0.231. The van der Waals surface area contributed by atoms with Crippen molar-refractivity contribution in [1.29, 1.82) is 0 Å². The van der Waals surface area contributed by atoms with Gasteiger partial charge < -0.3 is 10.5 Å². The fraction of sp³-hybridized carbons (Fsp3) is 0.750. The molecular weight excluding hydrogens is 226 g/mol. The number of nitrogens with zero attached hydrogens (tertiary/aromatic N) is 1. The summed E-state index contributed by atoms with van der Waals surface area (Å²) in [4.78, 5) is 0. The van der Waals surface area contributed by atoms with Gasteiger partial charge in [-0.3, -0.25) is 0 Å². The standard InChI is InChI=1S/C12H18F2N2O/c13-9-1-2-10(11(14)7-9)12(16-17)8-3-5-15-6-4-8/h2,8-9,11,15,17H,1,3-7H2/b16-12-. The van der Waals surface area contributed by atoms with Crippen LogP contribution in [0.5, 0.6) is 0 Å². The highest BCUT2D eigenvalue weighted by molar-refractivity contribution is 6.02. The minimum absolute atomic E-state index is 0.0851. The summed E-state index contributed by atoms with van der Waals surface area (Å²) >= 11 is 0. The van der Waals surface area contributed by atoms with E-state index in [0.717, 1.165) is 25.9 Å². The van der Waals surface area contributed by atoms with Gasteiger partial charge in [0.15, 0.2) is 0 Å². The van der Waals surface area contributed by atoms with Gasteiger partial charge in [-0.2, -0.15) is 0 Å². The van der Waals surface area contributed by atoms with Crippen molar-refractivity contribution in [2.75, 3.05) is 13.1 Å². The summed E-state index contributed by atoms with van der Waals surface area (Å²) < 4.78 is 26.8. The van der Waals surface area contributed by atoms with Crippen LogP contribution in [0.1, 0.15) is 25.7 Å². The topological polar surface area (TPSA) is 44.6 Å². The minimum atomic E-state index is -1.33. The van der Waals surface area contributed by atoms with E-state index in [2.05, 4.69) is 10.5 Å². The van der Waals surface area contributed by atoms with Crippen LogP contribution in [0.15, 0.2) is 16.8 Å². The molecule has 1 aliphatic carbocycles. The van der Waals surface area contributed by atoms with Crippen LogP contribution in [0.4, 0.5) is 8.78 Å². The number of piperidine rings is 1. The van der Waals surface area contributed by atoms with Gasteiger partial charge in [-0.05, 0) is 32.4 Å². The maximum atomic E-state index is 13.8. The molecule has 17 heavy (non-hydrogen) atoms. The molecule has 0 amide bonds. The largest absolute Gasteiger partial charge is 0.411 e. The average Bonchev–Trinajstić information content (AvgIpc) is 2.34. The molecule has 0 bridgehead atoms. The first-order valence-electron chi connectivity index (χ1n) is 6.13. The second-order valence-electron chi connectivity index (χ2n) is 4.71. The number of nitrogens with one attached hydrogen (secondary N) is 1. The molecule has 0 radical (unpaired) electrons. The smallest absolute Gasteiger partial charge is 0.129 e. The van der Waals surface area contributed by atoms with E-state index in [-0.39, 0.29) is 18.8 Å². The van der Waals surface area contributed by atoms with Crippen molar-refractivity contribution in [3.8, 4) is 0 Å². The molecule has 0 aromatic carbocycles. The molecule has 0 aromatic heterocycles. The van der Waals surface area contributed by atoms with Crippen molar-refractivity contribution in [3.63, 3.8) is 0 Å². The monoisotopic (exact) mass is 244 g/mol. The minimum Gasteiger partial charge on any atom is -0.411 e. The lowest BCUT2D eigenvalue weighted by Crippen LogP contribution is -2.35. The van der Waals surface area contributed by atoms with Gasteiger partial charge in [-0.25, -0.2) is 8.78 Å². The molecular formula is C12H18F2N2O. The van der Waals surface area contributed by atoms with Gasteiger partial charge in [0.05, 0.1) is 5.71 Å². The van der Waals surface area contributed by atoms with Crippen molar-refractivity contribution in [2.24, 2.45) is 11.1 Å². The molecule has 1 saturated heterocycles. The zero-order chi connectivity index (χ0) is 12.3. The highest BCUT2D eigenvalue weighted by Crippen LogP contribution is 2.29. The summed E-state index contributed by atoms with van der Waals surface area (Å²) in [5.74, 6) is 0.0851. The summed E-state index contributed by atoms with van der Waals surface area (Å²) in [5.41, 5.74) is 0.819. The summed E-state index contributed by atoms with van der Waals surface area (Å²) in [6, 6.07) is 0. The van der Waals surface area contributed by atoms with Crippen molar-refractivity contribution in [1.82, 2.24) is 5.32 Å². The van der Waals surface area contributed by atoms with E-state index in [1.807, 2.05) is 0 Å². The van der Waals surface area contributed by atoms with Crippen molar-refractivity contribution in [3.05, 3.63) is 11.6 Å². The number of halogens is 2. The Bertz CT molecular complexity index is 324. The second-order valence-corrected chi connectivity index (χ2v) is 4.71. The molecule has 96 valence electrons. The third-order valence-electron chi connectivity index (χ3n) is 3.52. The zero-order valence-electron chi connectivity index (χ0n) is 9.70. The molecule has 1 fully saturated rings. The molecule has 0 saturated carbocycles. The van der Waals surface area contributed by atoms with E-state index in [9.17, 15) is 8.78 Å². The Balaban J connectivity index is 2.12. The van der Waals surface area contributed by atoms with E-state index in [4.69, 9.17) is 5.21 Å². The first-order chi connectivity index (χ1) is 8.22.